The van der Waals surface area contributed by atoms with E-state index in [1.807, 2.05) is 24.3 Å². The van der Waals surface area contributed by atoms with Crippen molar-refractivity contribution in [3.63, 3.8) is 0 Å². The normalized spacial score (nSPS) is 21.3. The molecule has 4 nitrogen and oxygen atoms in total. The van der Waals surface area contributed by atoms with Crippen molar-refractivity contribution in [1.82, 2.24) is 5.32 Å². The third-order valence-corrected chi connectivity index (χ3v) is 4.72. The molecule has 1 aliphatic carbocycles. The summed E-state index contributed by atoms with van der Waals surface area (Å²) in [6, 6.07) is 12.9. The Morgan fingerprint density at radius 3 is 2.60 bits per heavy atom. The van der Waals surface area contributed by atoms with Gasteiger partial charge in [-0.05, 0) is 48.6 Å². The highest BCUT2D eigenvalue weighted by atomic mass is 19.1. The lowest BCUT2D eigenvalue weighted by molar-refractivity contribution is -0.123. The van der Waals surface area contributed by atoms with Crippen molar-refractivity contribution in [2.24, 2.45) is 5.92 Å². The van der Waals surface area contributed by atoms with Crippen LogP contribution in [0.3, 0.4) is 0 Å². The number of nitrogens with one attached hydrogen (secondary N) is 1. The largest absolute Gasteiger partial charge is 0.496 e. The first kappa shape index (κ1) is 17.4. The second-order valence-corrected chi connectivity index (χ2v) is 6.48. The van der Waals surface area contributed by atoms with Gasteiger partial charge in [-0.2, -0.15) is 0 Å². The number of hydrogen-bond acceptors (Lipinski definition) is 3. The van der Waals surface area contributed by atoms with E-state index >= 15 is 0 Å². The van der Waals surface area contributed by atoms with Crippen LogP contribution in [0.25, 0.3) is 0 Å². The van der Waals surface area contributed by atoms with Crippen LogP contribution in [0.4, 0.5) is 4.39 Å². The SMILES string of the molecule is COc1ccccc1C1CC1C(=O)NC(C)C(O)c1ccc(F)cc1. The third-order valence-electron chi connectivity index (χ3n) is 4.72. The molecule has 2 N–H and O–H groups in total. The first-order chi connectivity index (χ1) is 12.0. The summed E-state index contributed by atoms with van der Waals surface area (Å²) in [5.74, 6) is 0.391. The number of rotatable bonds is 6. The van der Waals surface area contributed by atoms with E-state index in [1.54, 1.807) is 14.0 Å². The van der Waals surface area contributed by atoms with E-state index in [0.29, 0.717) is 5.56 Å². The Morgan fingerprint density at radius 2 is 1.92 bits per heavy atom. The number of carbonyl (C=O) groups is 1. The Hall–Kier alpha value is -2.40. The van der Waals surface area contributed by atoms with E-state index in [4.69, 9.17) is 4.74 Å². The monoisotopic (exact) mass is 343 g/mol. The zero-order chi connectivity index (χ0) is 18.0. The summed E-state index contributed by atoms with van der Waals surface area (Å²) in [5.41, 5.74) is 1.61. The first-order valence-corrected chi connectivity index (χ1v) is 8.38. The highest BCUT2D eigenvalue weighted by molar-refractivity contribution is 5.83. The first-order valence-electron chi connectivity index (χ1n) is 8.38. The van der Waals surface area contributed by atoms with Crippen molar-refractivity contribution in [3.05, 3.63) is 65.5 Å². The molecule has 0 spiro atoms. The van der Waals surface area contributed by atoms with Crippen LogP contribution in [-0.4, -0.2) is 24.2 Å². The lowest BCUT2D eigenvalue weighted by Crippen LogP contribution is -2.38. The summed E-state index contributed by atoms with van der Waals surface area (Å²) in [4.78, 5) is 12.5. The van der Waals surface area contributed by atoms with Crippen LogP contribution in [0.1, 0.15) is 36.5 Å². The van der Waals surface area contributed by atoms with Crippen LogP contribution >= 0.6 is 0 Å². The molecule has 0 aromatic heterocycles. The maximum Gasteiger partial charge on any atom is 0.224 e. The number of halogens is 1. The summed E-state index contributed by atoms with van der Waals surface area (Å²) < 4.78 is 18.3. The Bertz CT molecular complexity index is 747. The molecule has 1 fully saturated rings. The quantitative estimate of drug-likeness (QED) is 0.847. The predicted octanol–water partition coefficient (Wildman–Crippen LogP) is 3.18. The van der Waals surface area contributed by atoms with Crippen molar-refractivity contribution < 1.29 is 19.0 Å². The standard InChI is InChI=1S/C20H22FNO3/c1-12(19(23)13-7-9-14(21)10-8-13)22-20(24)17-11-16(17)15-5-3-4-6-18(15)25-2/h3-10,12,16-17,19,23H,11H2,1-2H3,(H,22,24). The fourth-order valence-electron chi connectivity index (χ4n) is 3.16. The number of aliphatic hydroxyl groups excluding tert-OH is 1. The Labute approximate surface area is 146 Å². The van der Waals surface area contributed by atoms with E-state index in [2.05, 4.69) is 5.32 Å². The maximum absolute atomic E-state index is 13.0. The van der Waals surface area contributed by atoms with Crippen LogP contribution < -0.4 is 10.1 Å². The highest BCUT2D eigenvalue weighted by Gasteiger charge is 2.45. The molecular weight excluding hydrogens is 321 g/mol. The number of hydrogen-bond donors (Lipinski definition) is 2. The topological polar surface area (TPSA) is 58.6 Å². The molecule has 4 unspecified atom stereocenters. The third kappa shape index (κ3) is 3.82. The number of benzene rings is 2. The average molecular weight is 343 g/mol. The molecule has 1 aliphatic rings. The minimum absolute atomic E-state index is 0.0791. The van der Waals surface area contributed by atoms with Crippen molar-refractivity contribution in [2.75, 3.05) is 7.11 Å². The van der Waals surface area contributed by atoms with Gasteiger partial charge in [-0.15, -0.1) is 0 Å². The van der Waals surface area contributed by atoms with E-state index in [9.17, 15) is 14.3 Å². The molecule has 0 radical (unpaired) electrons. The lowest BCUT2D eigenvalue weighted by Gasteiger charge is -2.21. The molecule has 2 aromatic rings. The van der Waals surface area contributed by atoms with Crippen molar-refractivity contribution in [2.45, 2.75) is 31.4 Å². The number of aliphatic hydroxyl groups is 1. The van der Waals surface area contributed by atoms with Crippen LogP contribution in [0.15, 0.2) is 48.5 Å². The van der Waals surface area contributed by atoms with Crippen molar-refractivity contribution in [1.29, 1.82) is 0 Å². The summed E-state index contributed by atoms with van der Waals surface area (Å²) in [6.07, 6.45) is -0.112. The van der Waals surface area contributed by atoms with Gasteiger partial charge in [0, 0.05) is 5.92 Å². The van der Waals surface area contributed by atoms with E-state index in [-0.39, 0.29) is 23.6 Å². The second kappa shape index (κ2) is 7.23. The minimum atomic E-state index is -0.881. The lowest BCUT2D eigenvalue weighted by atomic mass is 10.0. The Balaban J connectivity index is 1.60. The minimum Gasteiger partial charge on any atom is -0.496 e. The Morgan fingerprint density at radius 1 is 1.24 bits per heavy atom. The number of amides is 1. The molecule has 5 heteroatoms. The smallest absolute Gasteiger partial charge is 0.224 e. The predicted molar refractivity (Wildman–Crippen MR) is 92.8 cm³/mol. The van der Waals surface area contributed by atoms with E-state index < -0.39 is 12.1 Å². The molecule has 0 heterocycles. The molecule has 3 rings (SSSR count). The fourth-order valence-corrected chi connectivity index (χ4v) is 3.16. The maximum atomic E-state index is 13.0. The van der Waals surface area contributed by atoms with Gasteiger partial charge in [-0.25, -0.2) is 4.39 Å². The summed E-state index contributed by atoms with van der Waals surface area (Å²) in [6.45, 7) is 1.74. The van der Waals surface area contributed by atoms with Crippen LogP contribution in [0.2, 0.25) is 0 Å². The second-order valence-electron chi connectivity index (χ2n) is 6.48. The van der Waals surface area contributed by atoms with Gasteiger partial charge in [0.1, 0.15) is 11.6 Å². The molecule has 132 valence electrons. The zero-order valence-electron chi connectivity index (χ0n) is 14.3. The van der Waals surface area contributed by atoms with Crippen molar-refractivity contribution in [3.8, 4) is 5.75 Å². The summed E-state index contributed by atoms with van der Waals surface area (Å²) in [5, 5.41) is 13.2. The number of ether oxygens (including phenoxy) is 1. The molecular formula is C20H22FNO3. The van der Waals surface area contributed by atoms with E-state index in [1.165, 1.54) is 24.3 Å². The number of carbonyl (C=O) groups excluding carboxylic acids is 1. The van der Waals surface area contributed by atoms with Crippen LogP contribution in [0.5, 0.6) is 5.75 Å². The van der Waals surface area contributed by atoms with Crippen LogP contribution in [-0.2, 0) is 4.79 Å². The van der Waals surface area contributed by atoms with Crippen LogP contribution in [0, 0.1) is 11.7 Å². The van der Waals surface area contributed by atoms with Gasteiger partial charge in [0.25, 0.3) is 0 Å². The fraction of sp³-hybridized carbons (Fsp3) is 0.350. The molecule has 0 bridgehead atoms. The van der Waals surface area contributed by atoms with Gasteiger partial charge in [-0.1, -0.05) is 30.3 Å². The van der Waals surface area contributed by atoms with Gasteiger partial charge >= 0.3 is 0 Å². The van der Waals surface area contributed by atoms with Gasteiger partial charge < -0.3 is 15.2 Å². The molecule has 1 amide bonds. The highest BCUT2D eigenvalue weighted by Crippen LogP contribution is 2.50. The summed E-state index contributed by atoms with van der Waals surface area (Å²) >= 11 is 0. The van der Waals surface area contributed by atoms with E-state index in [0.717, 1.165) is 17.7 Å². The van der Waals surface area contributed by atoms with Gasteiger partial charge in [-0.3, -0.25) is 4.79 Å². The van der Waals surface area contributed by atoms with Gasteiger partial charge in [0.2, 0.25) is 5.91 Å². The molecule has 1 saturated carbocycles. The van der Waals surface area contributed by atoms with Gasteiger partial charge in [0.15, 0.2) is 0 Å². The molecule has 0 aliphatic heterocycles. The molecule has 25 heavy (non-hydrogen) atoms. The zero-order valence-corrected chi connectivity index (χ0v) is 14.3. The van der Waals surface area contributed by atoms with Crippen molar-refractivity contribution >= 4 is 5.91 Å². The average Bonchev–Trinajstić information content (AvgIpc) is 3.42. The number of methoxy groups -OCH3 is 1. The van der Waals surface area contributed by atoms with Gasteiger partial charge in [0.05, 0.1) is 19.3 Å². The summed E-state index contributed by atoms with van der Waals surface area (Å²) in [7, 11) is 1.62. The molecule has 2 aromatic carbocycles. The molecule has 0 saturated heterocycles. The number of para-hydroxylation sites is 1. The Kier molecular flexibility index (Phi) is 5.04. The molecule has 4 atom stereocenters.